The van der Waals surface area contributed by atoms with Crippen LogP contribution in [0, 0.1) is 0 Å². The minimum absolute atomic E-state index is 1.75. The minimum atomic E-state index is 1.75. The van der Waals surface area contributed by atoms with Gasteiger partial charge >= 0.3 is 0 Å². The van der Waals surface area contributed by atoms with E-state index in [4.69, 9.17) is 0 Å². The molecule has 0 aliphatic heterocycles. The fraction of sp³-hybridized carbons (Fsp3) is 0. The lowest BCUT2D eigenvalue weighted by Gasteiger charge is -1.76. The molecule has 0 unspecified atom stereocenters. The Labute approximate surface area is 147 Å². The summed E-state index contributed by atoms with van der Waals surface area (Å²) in [4.78, 5) is 0. The Hall–Kier alpha value is -3.12. The molecule has 0 saturated heterocycles. The van der Waals surface area contributed by atoms with Gasteiger partial charge in [-0.15, -0.1) is 0 Å². The molecule has 0 nitrogen and oxygen atoms in total. The number of hydrogen-bond donors (Lipinski definition) is 0. The monoisotopic (exact) mass is 314 g/mol. The lowest BCUT2D eigenvalue weighted by Crippen LogP contribution is -1.54. The van der Waals surface area contributed by atoms with Gasteiger partial charge in [0.15, 0.2) is 0 Å². The van der Waals surface area contributed by atoms with Gasteiger partial charge in [-0.1, -0.05) is 147 Å². The molecule has 0 N–H and O–H groups in total. The second-order valence-corrected chi connectivity index (χ2v) is 4.32. The molecule has 0 fully saturated rings. The molecule has 0 radical (unpaired) electrons. The van der Waals surface area contributed by atoms with E-state index in [1.165, 1.54) is 0 Å². The molecule has 0 heteroatoms. The van der Waals surface area contributed by atoms with Gasteiger partial charge in [0, 0.05) is 0 Å². The molecular formula is C24H26. The molecule has 0 aliphatic rings. The second-order valence-electron chi connectivity index (χ2n) is 4.32. The predicted molar refractivity (Wildman–Crippen MR) is 112 cm³/mol. The predicted octanol–water partition coefficient (Wildman–Crippen LogP) is 6.92. The average molecular weight is 314 g/mol. The smallest absolute Gasteiger partial charge is 0.0623 e. The van der Waals surface area contributed by atoms with E-state index >= 15 is 0 Å². The van der Waals surface area contributed by atoms with E-state index in [2.05, 4.69) is 13.2 Å². The Morgan fingerprint density at radius 2 is 0.333 bits per heavy atom. The van der Waals surface area contributed by atoms with Crippen LogP contribution in [0.5, 0.6) is 0 Å². The summed E-state index contributed by atoms with van der Waals surface area (Å²) >= 11 is 0. The summed E-state index contributed by atoms with van der Waals surface area (Å²) in [5.41, 5.74) is 0. The van der Waals surface area contributed by atoms with Crippen LogP contribution in [0.3, 0.4) is 0 Å². The molecule has 122 valence electrons. The summed E-state index contributed by atoms with van der Waals surface area (Å²) in [5, 5.41) is 0. The van der Waals surface area contributed by atoms with Gasteiger partial charge in [0.1, 0.15) is 0 Å². The summed E-state index contributed by atoms with van der Waals surface area (Å²) < 4.78 is 0. The van der Waals surface area contributed by atoms with Crippen molar-refractivity contribution in [3.8, 4) is 0 Å². The molecule has 0 spiro atoms. The first kappa shape index (κ1) is 20.9. The number of allylic oxidation sites excluding steroid dienone is 22. The topological polar surface area (TPSA) is 0 Å². The largest absolute Gasteiger partial charge is 0.0991 e. The van der Waals surface area contributed by atoms with Gasteiger partial charge < -0.3 is 0 Å². The SMILES string of the molecule is C=CC=CC=CC=CC=CC=CC=CC=CC=CC=CC=CC=C. The van der Waals surface area contributed by atoms with Crippen molar-refractivity contribution in [3.63, 3.8) is 0 Å². The zero-order valence-corrected chi connectivity index (χ0v) is 14.1. The standard InChI is InChI=1S/C24H26/c1-3-5-7-9-11-13-15-17-19-21-23-24-22-20-18-16-14-12-10-8-6-4-2/h3-24H,1-2H2. The van der Waals surface area contributed by atoms with Crippen molar-refractivity contribution in [2.75, 3.05) is 0 Å². The van der Waals surface area contributed by atoms with Gasteiger partial charge in [0.25, 0.3) is 0 Å². The highest BCUT2D eigenvalue weighted by Gasteiger charge is 1.65. The minimum Gasteiger partial charge on any atom is -0.0991 e. The van der Waals surface area contributed by atoms with Crippen LogP contribution in [0.2, 0.25) is 0 Å². The van der Waals surface area contributed by atoms with Crippen molar-refractivity contribution in [1.29, 1.82) is 0 Å². The first-order chi connectivity index (χ1) is 11.9. The third-order valence-electron chi connectivity index (χ3n) is 2.38. The van der Waals surface area contributed by atoms with Crippen molar-refractivity contribution >= 4 is 0 Å². The van der Waals surface area contributed by atoms with E-state index in [1.54, 1.807) is 12.2 Å². The maximum absolute atomic E-state index is 3.60. The molecule has 0 aromatic carbocycles. The molecule has 0 amide bonds. The molecule has 0 heterocycles. The van der Waals surface area contributed by atoms with Gasteiger partial charge in [-0.05, 0) is 0 Å². The van der Waals surface area contributed by atoms with Crippen molar-refractivity contribution in [1.82, 2.24) is 0 Å². The van der Waals surface area contributed by atoms with Gasteiger partial charge in [-0.2, -0.15) is 0 Å². The molecule has 0 aromatic rings. The van der Waals surface area contributed by atoms with E-state index in [0.717, 1.165) is 0 Å². The van der Waals surface area contributed by atoms with Crippen molar-refractivity contribution in [2.24, 2.45) is 0 Å². The van der Waals surface area contributed by atoms with Gasteiger partial charge in [0.2, 0.25) is 0 Å². The lowest BCUT2D eigenvalue weighted by molar-refractivity contribution is 1.82. The van der Waals surface area contributed by atoms with Crippen LogP contribution in [0.1, 0.15) is 0 Å². The lowest BCUT2D eigenvalue weighted by atomic mass is 10.3. The first-order valence-electron chi connectivity index (χ1n) is 7.82. The summed E-state index contributed by atoms with van der Waals surface area (Å²) in [7, 11) is 0. The average Bonchev–Trinajstić information content (AvgIpc) is 2.60. The van der Waals surface area contributed by atoms with E-state index < -0.39 is 0 Å². The Bertz CT molecular complexity index is 550. The quantitative estimate of drug-likeness (QED) is 0.363. The fourth-order valence-electron chi connectivity index (χ4n) is 1.31. The highest BCUT2D eigenvalue weighted by molar-refractivity contribution is 5.22. The van der Waals surface area contributed by atoms with Crippen molar-refractivity contribution in [3.05, 3.63) is 147 Å². The third-order valence-corrected chi connectivity index (χ3v) is 2.38. The Morgan fingerprint density at radius 1 is 0.208 bits per heavy atom. The zero-order valence-electron chi connectivity index (χ0n) is 14.1. The van der Waals surface area contributed by atoms with E-state index in [-0.39, 0.29) is 0 Å². The van der Waals surface area contributed by atoms with E-state index in [0.29, 0.717) is 0 Å². The van der Waals surface area contributed by atoms with Gasteiger partial charge in [-0.25, -0.2) is 0 Å². The number of rotatable bonds is 11. The van der Waals surface area contributed by atoms with Crippen LogP contribution in [0.4, 0.5) is 0 Å². The first-order valence-corrected chi connectivity index (χ1v) is 7.82. The Morgan fingerprint density at radius 3 is 0.458 bits per heavy atom. The van der Waals surface area contributed by atoms with Crippen molar-refractivity contribution in [2.45, 2.75) is 0 Å². The highest BCUT2D eigenvalue weighted by Crippen LogP contribution is 1.87. The van der Waals surface area contributed by atoms with Crippen LogP contribution in [-0.2, 0) is 0 Å². The van der Waals surface area contributed by atoms with Crippen LogP contribution >= 0.6 is 0 Å². The van der Waals surface area contributed by atoms with Gasteiger partial charge in [0.05, 0.1) is 0 Å². The van der Waals surface area contributed by atoms with Crippen LogP contribution in [0.15, 0.2) is 147 Å². The zero-order chi connectivity index (χ0) is 17.6. The van der Waals surface area contributed by atoms with E-state index in [1.807, 2.05) is 122 Å². The van der Waals surface area contributed by atoms with Gasteiger partial charge in [-0.3, -0.25) is 0 Å². The van der Waals surface area contributed by atoms with Crippen LogP contribution in [0.25, 0.3) is 0 Å². The van der Waals surface area contributed by atoms with Crippen LogP contribution < -0.4 is 0 Å². The summed E-state index contributed by atoms with van der Waals surface area (Å²) in [6, 6.07) is 0. The number of hydrogen-bond acceptors (Lipinski definition) is 0. The molecule has 24 heavy (non-hydrogen) atoms. The third kappa shape index (κ3) is 18.9. The maximum Gasteiger partial charge on any atom is -0.0623 e. The summed E-state index contributed by atoms with van der Waals surface area (Å²) in [6.45, 7) is 7.20. The normalized spacial score (nSPS) is 14.2. The molecule has 0 saturated carbocycles. The molecule has 0 aromatic heterocycles. The molecule has 0 rings (SSSR count). The molecule has 0 aliphatic carbocycles. The van der Waals surface area contributed by atoms with E-state index in [9.17, 15) is 0 Å². The molecular weight excluding hydrogens is 288 g/mol. The molecule has 0 atom stereocenters. The summed E-state index contributed by atoms with van der Waals surface area (Å²) in [5.74, 6) is 0. The molecule has 0 bridgehead atoms. The summed E-state index contributed by atoms with van der Waals surface area (Å²) in [6.07, 6.45) is 42.8. The maximum atomic E-state index is 3.60. The van der Waals surface area contributed by atoms with Crippen molar-refractivity contribution < 1.29 is 0 Å². The fourth-order valence-corrected chi connectivity index (χ4v) is 1.31. The van der Waals surface area contributed by atoms with Crippen LogP contribution in [-0.4, -0.2) is 0 Å². The second kappa shape index (κ2) is 19.9. The Balaban J connectivity index is 3.91. The highest BCUT2D eigenvalue weighted by atomic mass is 13.7. The Kier molecular flexibility index (Phi) is 17.3.